The molecular weight excluding hydrogens is 248 g/mol. The molecular formula is C12H20N4OS. The maximum absolute atomic E-state index is 12.3. The molecule has 0 saturated carbocycles. The third kappa shape index (κ3) is 2.55. The Morgan fingerprint density at radius 3 is 2.61 bits per heavy atom. The van der Waals surface area contributed by atoms with Gasteiger partial charge in [0.1, 0.15) is 10.7 Å². The highest BCUT2D eigenvalue weighted by Gasteiger charge is 2.30. The summed E-state index contributed by atoms with van der Waals surface area (Å²) >= 11 is 1.45. The number of thiazole rings is 1. The number of carbonyl (C=O) groups excluding carboxylic acids is 1. The zero-order valence-electron chi connectivity index (χ0n) is 11.1. The predicted octanol–water partition coefficient (Wildman–Crippen LogP) is 0.766. The summed E-state index contributed by atoms with van der Waals surface area (Å²) in [7, 11) is 2.10. The number of aromatic nitrogens is 1. The molecule has 6 heteroatoms. The first-order valence-corrected chi connectivity index (χ1v) is 7.06. The molecule has 0 bridgehead atoms. The van der Waals surface area contributed by atoms with Gasteiger partial charge < -0.3 is 10.6 Å². The number of hydrogen-bond donors (Lipinski definition) is 1. The molecule has 0 aliphatic carbocycles. The lowest BCUT2D eigenvalue weighted by Gasteiger charge is -2.42. The Morgan fingerprint density at radius 1 is 1.50 bits per heavy atom. The SMILES string of the molecule is CC1CN(C(=O)c2csc(CN)n2)CC(C)N1C. The second-order valence-electron chi connectivity index (χ2n) is 4.90. The van der Waals surface area contributed by atoms with Crippen LogP contribution < -0.4 is 5.73 Å². The molecule has 1 fully saturated rings. The third-order valence-electron chi connectivity index (χ3n) is 3.59. The van der Waals surface area contributed by atoms with Crippen molar-refractivity contribution in [3.8, 4) is 0 Å². The molecule has 2 rings (SSSR count). The minimum atomic E-state index is 0.0257. The molecule has 1 aliphatic heterocycles. The van der Waals surface area contributed by atoms with E-state index in [1.54, 1.807) is 5.38 Å². The average molecular weight is 268 g/mol. The topological polar surface area (TPSA) is 62.5 Å². The number of carbonyl (C=O) groups is 1. The van der Waals surface area contributed by atoms with Gasteiger partial charge in [-0.15, -0.1) is 11.3 Å². The summed E-state index contributed by atoms with van der Waals surface area (Å²) in [5.41, 5.74) is 6.05. The van der Waals surface area contributed by atoms with Crippen LogP contribution in [-0.2, 0) is 6.54 Å². The molecule has 0 radical (unpaired) electrons. The van der Waals surface area contributed by atoms with E-state index < -0.39 is 0 Å². The lowest BCUT2D eigenvalue weighted by molar-refractivity contribution is 0.0410. The normalized spacial score (nSPS) is 25.4. The zero-order valence-corrected chi connectivity index (χ0v) is 11.9. The van der Waals surface area contributed by atoms with Gasteiger partial charge in [0.15, 0.2) is 0 Å². The van der Waals surface area contributed by atoms with E-state index in [1.165, 1.54) is 11.3 Å². The van der Waals surface area contributed by atoms with Crippen molar-refractivity contribution < 1.29 is 4.79 Å². The fraction of sp³-hybridized carbons (Fsp3) is 0.667. The minimum Gasteiger partial charge on any atom is -0.334 e. The lowest BCUT2D eigenvalue weighted by Crippen LogP contribution is -2.56. The second kappa shape index (κ2) is 5.34. The standard InChI is InChI=1S/C12H20N4OS/c1-8-5-16(6-9(2)15(8)3)12(17)10-7-18-11(4-13)14-10/h7-9H,4-6,13H2,1-3H3. The summed E-state index contributed by atoms with van der Waals surface area (Å²) in [6.45, 7) is 6.20. The Bertz CT molecular complexity index is 421. The number of likely N-dealkylation sites (N-methyl/N-ethyl adjacent to an activating group) is 1. The Labute approximate surface area is 112 Å². The maximum atomic E-state index is 12.3. The van der Waals surface area contributed by atoms with Gasteiger partial charge in [0.05, 0.1) is 0 Å². The van der Waals surface area contributed by atoms with Gasteiger partial charge in [-0.25, -0.2) is 4.98 Å². The Balaban J connectivity index is 2.09. The largest absolute Gasteiger partial charge is 0.334 e. The van der Waals surface area contributed by atoms with Gasteiger partial charge >= 0.3 is 0 Å². The zero-order chi connectivity index (χ0) is 13.3. The fourth-order valence-corrected chi connectivity index (χ4v) is 2.88. The molecule has 1 aromatic heterocycles. The Morgan fingerprint density at radius 2 is 2.11 bits per heavy atom. The van der Waals surface area contributed by atoms with E-state index >= 15 is 0 Å². The predicted molar refractivity (Wildman–Crippen MR) is 72.6 cm³/mol. The maximum Gasteiger partial charge on any atom is 0.273 e. The number of hydrogen-bond acceptors (Lipinski definition) is 5. The molecule has 5 nitrogen and oxygen atoms in total. The quantitative estimate of drug-likeness (QED) is 0.860. The van der Waals surface area contributed by atoms with E-state index in [2.05, 4.69) is 30.8 Å². The van der Waals surface area contributed by atoms with Crippen LogP contribution in [0.2, 0.25) is 0 Å². The molecule has 2 heterocycles. The number of nitrogens with zero attached hydrogens (tertiary/aromatic N) is 3. The van der Waals surface area contributed by atoms with E-state index in [0.717, 1.165) is 18.1 Å². The van der Waals surface area contributed by atoms with Crippen molar-refractivity contribution in [2.45, 2.75) is 32.5 Å². The highest BCUT2D eigenvalue weighted by Crippen LogP contribution is 2.17. The summed E-state index contributed by atoms with van der Waals surface area (Å²) in [6, 6.07) is 0.760. The van der Waals surface area contributed by atoms with Gasteiger partial charge in [0.2, 0.25) is 0 Å². The summed E-state index contributed by atoms with van der Waals surface area (Å²) in [5, 5.41) is 2.62. The number of amides is 1. The van der Waals surface area contributed by atoms with E-state index in [0.29, 0.717) is 24.3 Å². The third-order valence-corrected chi connectivity index (χ3v) is 4.46. The van der Waals surface area contributed by atoms with Crippen molar-refractivity contribution in [2.75, 3.05) is 20.1 Å². The fourth-order valence-electron chi connectivity index (χ4n) is 2.24. The second-order valence-corrected chi connectivity index (χ2v) is 5.85. The van der Waals surface area contributed by atoms with Crippen molar-refractivity contribution in [1.82, 2.24) is 14.8 Å². The number of piperazine rings is 1. The Kier molecular flexibility index (Phi) is 3.99. The Hall–Kier alpha value is -0.980. The van der Waals surface area contributed by atoms with Gasteiger partial charge in [0, 0.05) is 37.1 Å². The van der Waals surface area contributed by atoms with Crippen molar-refractivity contribution in [3.63, 3.8) is 0 Å². The molecule has 2 unspecified atom stereocenters. The van der Waals surface area contributed by atoms with Crippen LogP contribution in [0.4, 0.5) is 0 Å². The van der Waals surface area contributed by atoms with E-state index in [1.807, 2.05) is 4.90 Å². The molecule has 1 amide bonds. The molecule has 1 saturated heterocycles. The molecule has 1 aromatic rings. The number of nitrogens with two attached hydrogens (primary N) is 1. The molecule has 0 spiro atoms. The van der Waals surface area contributed by atoms with Gasteiger partial charge in [-0.3, -0.25) is 9.69 Å². The van der Waals surface area contributed by atoms with Crippen LogP contribution >= 0.6 is 11.3 Å². The smallest absolute Gasteiger partial charge is 0.273 e. The first-order valence-electron chi connectivity index (χ1n) is 6.18. The molecule has 0 aromatic carbocycles. The lowest BCUT2D eigenvalue weighted by atomic mass is 10.1. The van der Waals surface area contributed by atoms with Crippen molar-refractivity contribution in [2.24, 2.45) is 5.73 Å². The molecule has 2 N–H and O–H groups in total. The van der Waals surface area contributed by atoms with E-state index in [4.69, 9.17) is 5.73 Å². The van der Waals surface area contributed by atoms with Gasteiger partial charge in [-0.1, -0.05) is 0 Å². The van der Waals surface area contributed by atoms with Crippen LogP contribution in [0.3, 0.4) is 0 Å². The van der Waals surface area contributed by atoms with Crippen LogP contribution in [-0.4, -0.2) is 52.9 Å². The van der Waals surface area contributed by atoms with Crippen molar-refractivity contribution in [1.29, 1.82) is 0 Å². The highest BCUT2D eigenvalue weighted by atomic mass is 32.1. The van der Waals surface area contributed by atoms with Crippen LogP contribution in [0.5, 0.6) is 0 Å². The first kappa shape index (κ1) is 13.5. The molecule has 18 heavy (non-hydrogen) atoms. The van der Waals surface area contributed by atoms with Crippen LogP contribution in [0.15, 0.2) is 5.38 Å². The van der Waals surface area contributed by atoms with Crippen LogP contribution in [0, 0.1) is 0 Å². The minimum absolute atomic E-state index is 0.0257. The van der Waals surface area contributed by atoms with Crippen LogP contribution in [0.1, 0.15) is 29.3 Å². The van der Waals surface area contributed by atoms with Crippen molar-refractivity contribution >= 4 is 17.2 Å². The summed E-state index contributed by atoms with van der Waals surface area (Å²) in [6.07, 6.45) is 0. The number of rotatable bonds is 2. The van der Waals surface area contributed by atoms with Crippen LogP contribution in [0.25, 0.3) is 0 Å². The average Bonchev–Trinajstić information content (AvgIpc) is 2.83. The first-order chi connectivity index (χ1) is 8.52. The highest BCUT2D eigenvalue weighted by molar-refractivity contribution is 7.09. The van der Waals surface area contributed by atoms with E-state index in [9.17, 15) is 4.79 Å². The van der Waals surface area contributed by atoms with Gasteiger partial charge in [-0.2, -0.15) is 0 Å². The van der Waals surface area contributed by atoms with Gasteiger partial charge in [-0.05, 0) is 20.9 Å². The summed E-state index contributed by atoms with van der Waals surface area (Å²) < 4.78 is 0. The monoisotopic (exact) mass is 268 g/mol. The van der Waals surface area contributed by atoms with E-state index in [-0.39, 0.29) is 5.91 Å². The summed E-state index contributed by atoms with van der Waals surface area (Å²) in [4.78, 5) is 20.8. The summed E-state index contributed by atoms with van der Waals surface area (Å²) in [5.74, 6) is 0.0257. The molecule has 1 aliphatic rings. The van der Waals surface area contributed by atoms with Gasteiger partial charge in [0.25, 0.3) is 5.91 Å². The van der Waals surface area contributed by atoms with Crippen molar-refractivity contribution in [3.05, 3.63) is 16.1 Å². The molecule has 2 atom stereocenters. The molecule has 100 valence electrons.